The van der Waals surface area contributed by atoms with Crippen LogP contribution in [-0.4, -0.2) is 43.4 Å². The van der Waals surface area contributed by atoms with Gasteiger partial charge in [0.15, 0.2) is 17.0 Å². The molecule has 6 rings (SSSR count). The first-order chi connectivity index (χ1) is 19.8. The summed E-state index contributed by atoms with van der Waals surface area (Å²) in [5, 5.41) is 25.2. The zero-order chi connectivity index (χ0) is 28.9. The number of aliphatic hydroxyl groups excluding tert-OH is 1. The van der Waals surface area contributed by atoms with E-state index in [0.717, 1.165) is 0 Å². The number of ether oxygens (including phenoxy) is 4. The molecule has 9 heteroatoms. The number of rotatable bonds is 8. The molecule has 1 aromatic heterocycles. The molecule has 2 heterocycles. The Labute approximate surface area is 237 Å². The van der Waals surface area contributed by atoms with Crippen LogP contribution >= 0.6 is 0 Å². The second-order valence-corrected chi connectivity index (χ2v) is 10.2. The Hall–Kier alpha value is -4.31. The highest BCUT2D eigenvalue weighted by atomic mass is 16.5. The van der Waals surface area contributed by atoms with E-state index in [0.29, 0.717) is 28.4 Å². The van der Waals surface area contributed by atoms with Gasteiger partial charge in [-0.05, 0) is 35.4 Å². The minimum atomic E-state index is -2.14. The van der Waals surface area contributed by atoms with Gasteiger partial charge in [-0.3, -0.25) is 4.79 Å². The highest BCUT2D eigenvalue weighted by Crippen LogP contribution is 2.70. The lowest BCUT2D eigenvalue weighted by molar-refractivity contribution is -0.151. The third-order valence-corrected chi connectivity index (χ3v) is 8.36. The van der Waals surface area contributed by atoms with Crippen LogP contribution in [0.15, 0.2) is 83.3 Å². The largest absolute Gasteiger partial charge is 0.497 e. The van der Waals surface area contributed by atoms with E-state index in [1.807, 2.05) is 30.3 Å². The van der Waals surface area contributed by atoms with Crippen molar-refractivity contribution < 1.29 is 38.4 Å². The number of Topliss-reactive ketones (excluding diaryl/α,β-unsaturated/α-hetero) is 1. The molecule has 0 bridgehead atoms. The topological polar surface area (TPSA) is 134 Å². The fraction of sp³-hybridized carbons (Fsp3) is 0.281. The maximum atomic E-state index is 14.3. The van der Waals surface area contributed by atoms with E-state index in [1.54, 1.807) is 49.6 Å². The SMILES string of the molecule is COc1ccc([C@@]23Oc4cc(OC)cc(OC)c4[C@]2(O)[C@H](O)[C@H](C(=O)c2ccc(CN)o2)[C@H]3c2ccccc2)cc1. The third-order valence-electron chi connectivity index (χ3n) is 8.36. The number of carbonyl (C=O) groups excluding carboxylic acids is 1. The van der Waals surface area contributed by atoms with Gasteiger partial charge in [0.2, 0.25) is 5.78 Å². The maximum Gasteiger partial charge on any atom is 0.204 e. The molecule has 212 valence electrons. The third kappa shape index (κ3) is 3.70. The van der Waals surface area contributed by atoms with Gasteiger partial charge in [0.05, 0.1) is 39.4 Å². The van der Waals surface area contributed by atoms with Gasteiger partial charge >= 0.3 is 0 Å². The summed E-state index contributed by atoms with van der Waals surface area (Å²) in [5.41, 5.74) is 3.36. The number of methoxy groups -OCH3 is 3. The van der Waals surface area contributed by atoms with Crippen molar-refractivity contribution in [1.29, 1.82) is 0 Å². The van der Waals surface area contributed by atoms with Crippen molar-refractivity contribution in [2.45, 2.75) is 29.8 Å². The first kappa shape index (κ1) is 26.9. The van der Waals surface area contributed by atoms with Crippen molar-refractivity contribution in [3.8, 4) is 23.0 Å². The van der Waals surface area contributed by atoms with Gasteiger partial charge in [0.25, 0.3) is 0 Å². The zero-order valence-electron chi connectivity index (χ0n) is 22.9. The van der Waals surface area contributed by atoms with Crippen LogP contribution in [-0.2, 0) is 17.7 Å². The number of hydrogen-bond acceptors (Lipinski definition) is 9. The summed E-state index contributed by atoms with van der Waals surface area (Å²) in [4.78, 5) is 14.3. The summed E-state index contributed by atoms with van der Waals surface area (Å²) in [5.74, 6) is -0.525. The minimum absolute atomic E-state index is 0.0332. The Morgan fingerprint density at radius 3 is 2.24 bits per heavy atom. The Bertz CT molecular complexity index is 1580. The highest BCUT2D eigenvalue weighted by molar-refractivity contribution is 5.97. The van der Waals surface area contributed by atoms with Crippen LogP contribution in [0, 0.1) is 5.92 Å². The minimum Gasteiger partial charge on any atom is -0.497 e. The number of aliphatic hydroxyl groups is 2. The molecule has 1 aliphatic heterocycles. The fourth-order valence-electron chi connectivity index (χ4n) is 6.58. The first-order valence-corrected chi connectivity index (χ1v) is 13.2. The fourth-order valence-corrected chi connectivity index (χ4v) is 6.58. The van der Waals surface area contributed by atoms with Crippen molar-refractivity contribution in [1.82, 2.24) is 0 Å². The predicted molar refractivity (Wildman–Crippen MR) is 148 cm³/mol. The van der Waals surface area contributed by atoms with Gasteiger partial charge in [-0.15, -0.1) is 0 Å². The Morgan fingerprint density at radius 1 is 0.927 bits per heavy atom. The number of fused-ring (bicyclic) bond motifs is 3. The van der Waals surface area contributed by atoms with Gasteiger partial charge in [-0.25, -0.2) is 0 Å². The molecule has 9 nitrogen and oxygen atoms in total. The average Bonchev–Trinajstić information content (AvgIpc) is 3.66. The summed E-state index contributed by atoms with van der Waals surface area (Å²) in [7, 11) is 4.53. The van der Waals surface area contributed by atoms with Gasteiger partial charge < -0.3 is 39.3 Å². The van der Waals surface area contributed by atoms with Crippen LogP contribution in [0.4, 0.5) is 0 Å². The molecule has 0 saturated heterocycles. The second-order valence-electron chi connectivity index (χ2n) is 10.2. The summed E-state index contributed by atoms with van der Waals surface area (Å²) < 4.78 is 29.2. The van der Waals surface area contributed by atoms with E-state index in [-0.39, 0.29) is 29.4 Å². The monoisotopic (exact) mass is 557 g/mol. The van der Waals surface area contributed by atoms with Crippen molar-refractivity contribution in [3.05, 3.63) is 107 Å². The maximum absolute atomic E-state index is 14.3. The molecule has 1 fully saturated rings. The van der Waals surface area contributed by atoms with Crippen LogP contribution in [0.5, 0.6) is 23.0 Å². The molecule has 2 aliphatic rings. The van der Waals surface area contributed by atoms with Crippen molar-refractivity contribution in [2.24, 2.45) is 11.7 Å². The molecule has 4 aromatic rings. The quantitative estimate of drug-likeness (QED) is 0.276. The summed E-state index contributed by atoms with van der Waals surface area (Å²) >= 11 is 0. The van der Waals surface area contributed by atoms with E-state index >= 15 is 0 Å². The van der Waals surface area contributed by atoms with Crippen LogP contribution < -0.4 is 24.7 Å². The van der Waals surface area contributed by atoms with E-state index in [1.165, 1.54) is 20.3 Å². The molecule has 0 amide bonds. The van der Waals surface area contributed by atoms with Gasteiger partial charge in [0.1, 0.15) is 34.9 Å². The molecule has 4 N–H and O–H groups in total. The lowest BCUT2D eigenvalue weighted by atomic mass is 9.70. The van der Waals surface area contributed by atoms with Crippen molar-refractivity contribution in [3.63, 3.8) is 0 Å². The Morgan fingerprint density at radius 2 is 1.63 bits per heavy atom. The van der Waals surface area contributed by atoms with Crippen molar-refractivity contribution >= 4 is 5.78 Å². The molecule has 41 heavy (non-hydrogen) atoms. The zero-order valence-corrected chi connectivity index (χ0v) is 22.9. The number of carbonyl (C=O) groups is 1. The Balaban J connectivity index is 1.67. The summed E-state index contributed by atoms with van der Waals surface area (Å²) in [6.45, 7) is 0.109. The number of nitrogens with two attached hydrogens (primary N) is 1. The number of furan rings is 1. The van der Waals surface area contributed by atoms with E-state index in [4.69, 9.17) is 29.1 Å². The van der Waals surface area contributed by atoms with E-state index < -0.39 is 34.9 Å². The molecule has 0 spiro atoms. The molecule has 1 aliphatic carbocycles. The lowest BCUT2D eigenvalue weighted by Gasteiger charge is -2.40. The van der Waals surface area contributed by atoms with Crippen LogP contribution in [0.2, 0.25) is 0 Å². The standard InChI is InChI=1S/C32H31NO8/c1-37-20-11-9-19(10-12-20)32-27(18-7-5-4-6-8-18)26(29(34)23-14-13-21(17-33)40-23)30(35)31(32,36)28-24(39-3)15-22(38-2)16-25(28)41-32/h4-16,26-27,30,35-36H,17,33H2,1-3H3/t26-,27+,30+,31-,32-/m0/s1. The molecule has 0 unspecified atom stereocenters. The summed E-state index contributed by atoms with van der Waals surface area (Å²) in [6, 6.07) is 22.7. The first-order valence-electron chi connectivity index (χ1n) is 13.2. The van der Waals surface area contributed by atoms with Gasteiger partial charge in [-0.1, -0.05) is 42.5 Å². The normalized spacial score (nSPS) is 26.1. The second kappa shape index (κ2) is 9.95. The molecule has 1 saturated carbocycles. The van der Waals surface area contributed by atoms with E-state index in [2.05, 4.69) is 0 Å². The molecule has 3 aromatic carbocycles. The van der Waals surface area contributed by atoms with Crippen LogP contribution in [0.3, 0.4) is 0 Å². The number of benzene rings is 3. The highest BCUT2D eigenvalue weighted by Gasteiger charge is 2.78. The number of hydrogen-bond donors (Lipinski definition) is 3. The number of ketones is 1. The average molecular weight is 558 g/mol. The predicted octanol–water partition coefficient (Wildman–Crippen LogP) is 3.90. The molecule has 0 radical (unpaired) electrons. The smallest absolute Gasteiger partial charge is 0.204 e. The summed E-state index contributed by atoms with van der Waals surface area (Å²) in [6.07, 6.45) is -1.64. The van der Waals surface area contributed by atoms with E-state index in [9.17, 15) is 15.0 Å². The van der Waals surface area contributed by atoms with Crippen LogP contribution in [0.25, 0.3) is 0 Å². The van der Waals surface area contributed by atoms with Crippen molar-refractivity contribution in [2.75, 3.05) is 21.3 Å². The molecular formula is C32H31NO8. The lowest BCUT2D eigenvalue weighted by Crippen LogP contribution is -2.52. The van der Waals surface area contributed by atoms with Crippen LogP contribution in [0.1, 0.15) is 38.9 Å². The van der Waals surface area contributed by atoms with Gasteiger partial charge in [0, 0.05) is 18.1 Å². The van der Waals surface area contributed by atoms with Gasteiger partial charge in [-0.2, -0.15) is 0 Å². The molecular weight excluding hydrogens is 526 g/mol. The Kier molecular flexibility index (Phi) is 6.53. The molecule has 5 atom stereocenters.